The van der Waals surface area contributed by atoms with Crippen LogP contribution in [-0.2, 0) is 9.53 Å². The molecule has 4 nitrogen and oxygen atoms in total. The molecule has 0 aliphatic heterocycles. The van der Waals surface area contributed by atoms with E-state index in [9.17, 15) is 4.79 Å². The molecule has 50 valence electrons. The van der Waals surface area contributed by atoms with Crippen molar-refractivity contribution in [3.8, 4) is 0 Å². The van der Waals surface area contributed by atoms with Crippen molar-refractivity contribution in [2.75, 3.05) is 21.0 Å². The van der Waals surface area contributed by atoms with Gasteiger partial charge in [-0.2, -0.15) is 0 Å². The maximum Gasteiger partial charge on any atom is 0.208 e. The molecule has 0 fully saturated rings. The number of carbonyl (C=O) groups excluding carboxylic acids is 1. The van der Waals surface area contributed by atoms with Crippen molar-refractivity contribution in [3.05, 3.63) is 0 Å². The molecule has 0 spiro atoms. The maximum atomic E-state index is 9.37. The Labute approximate surface area is 48.5 Å². The van der Waals surface area contributed by atoms with Gasteiger partial charge in [-0.1, -0.05) is 0 Å². The van der Waals surface area contributed by atoms with E-state index >= 15 is 0 Å². The SMILES string of the molecule is CO.COCNC=O. The summed E-state index contributed by atoms with van der Waals surface area (Å²) in [4.78, 5) is 9.37. The summed E-state index contributed by atoms with van der Waals surface area (Å²) in [7, 11) is 2.51. The molecule has 0 aliphatic rings. The topological polar surface area (TPSA) is 58.6 Å². The third-order valence-corrected chi connectivity index (χ3v) is 0.311. The van der Waals surface area contributed by atoms with Gasteiger partial charge in [0.2, 0.25) is 6.41 Å². The van der Waals surface area contributed by atoms with Gasteiger partial charge < -0.3 is 15.2 Å². The van der Waals surface area contributed by atoms with Crippen molar-refractivity contribution < 1.29 is 14.6 Å². The summed E-state index contributed by atoms with van der Waals surface area (Å²) in [6, 6.07) is 0. The number of hydrogen-bond acceptors (Lipinski definition) is 3. The predicted molar refractivity (Wildman–Crippen MR) is 29.2 cm³/mol. The highest BCUT2D eigenvalue weighted by Crippen LogP contribution is 1.49. The highest BCUT2D eigenvalue weighted by atomic mass is 16.5. The third kappa shape index (κ3) is 18.2. The van der Waals surface area contributed by atoms with Gasteiger partial charge in [0.05, 0.1) is 0 Å². The van der Waals surface area contributed by atoms with Crippen molar-refractivity contribution >= 4 is 6.41 Å². The number of amides is 1. The molecule has 0 heterocycles. The summed E-state index contributed by atoms with van der Waals surface area (Å²) in [6.45, 7) is 0.295. The van der Waals surface area contributed by atoms with E-state index in [4.69, 9.17) is 5.11 Å². The normalized spacial score (nSPS) is 6.38. The second-order valence-electron chi connectivity index (χ2n) is 0.755. The Bertz CT molecular complexity index is 40.3. The number of nitrogens with one attached hydrogen (secondary N) is 1. The summed E-state index contributed by atoms with van der Waals surface area (Å²) in [6.07, 6.45) is 0.587. The highest BCUT2D eigenvalue weighted by molar-refractivity contribution is 5.45. The van der Waals surface area contributed by atoms with Crippen LogP contribution in [0.3, 0.4) is 0 Å². The Kier molecular flexibility index (Phi) is 21.0. The Morgan fingerprint density at radius 2 is 2.25 bits per heavy atom. The number of carbonyl (C=O) groups is 1. The second kappa shape index (κ2) is 16.2. The van der Waals surface area contributed by atoms with Crippen LogP contribution in [0, 0.1) is 0 Å². The van der Waals surface area contributed by atoms with E-state index in [0.717, 1.165) is 7.11 Å². The minimum Gasteiger partial charge on any atom is -0.400 e. The molecule has 2 N–H and O–H groups in total. The Morgan fingerprint density at radius 1 is 1.75 bits per heavy atom. The molecule has 1 amide bonds. The van der Waals surface area contributed by atoms with Crippen LogP contribution < -0.4 is 5.32 Å². The molecule has 4 heteroatoms. The minimum atomic E-state index is 0.295. The van der Waals surface area contributed by atoms with Crippen LogP contribution in [0.25, 0.3) is 0 Å². The van der Waals surface area contributed by atoms with Crippen molar-refractivity contribution in [3.63, 3.8) is 0 Å². The van der Waals surface area contributed by atoms with Crippen molar-refractivity contribution in [1.82, 2.24) is 5.32 Å². The smallest absolute Gasteiger partial charge is 0.208 e. The fourth-order valence-electron chi connectivity index (χ4n) is 0.117. The number of methoxy groups -OCH3 is 1. The van der Waals surface area contributed by atoms with Gasteiger partial charge in [-0.3, -0.25) is 4.79 Å². The van der Waals surface area contributed by atoms with E-state index < -0.39 is 0 Å². The second-order valence-corrected chi connectivity index (χ2v) is 0.755. The molecule has 0 bridgehead atoms. The Balaban J connectivity index is 0. The van der Waals surface area contributed by atoms with Gasteiger partial charge in [0.1, 0.15) is 6.73 Å². The van der Waals surface area contributed by atoms with E-state index in [1.807, 2.05) is 0 Å². The molecule has 0 unspecified atom stereocenters. The molecule has 0 rings (SSSR count). The van der Waals surface area contributed by atoms with Gasteiger partial charge in [0, 0.05) is 14.2 Å². The van der Waals surface area contributed by atoms with Gasteiger partial charge in [-0.05, 0) is 0 Å². The molecule has 0 radical (unpaired) electrons. The molecule has 0 saturated carbocycles. The van der Waals surface area contributed by atoms with Crippen LogP contribution in [0.4, 0.5) is 0 Å². The van der Waals surface area contributed by atoms with Gasteiger partial charge in [0.15, 0.2) is 0 Å². The molecule has 0 saturated heterocycles. The number of aliphatic hydroxyl groups excluding tert-OH is 1. The summed E-state index contributed by atoms with van der Waals surface area (Å²) >= 11 is 0. The summed E-state index contributed by atoms with van der Waals surface area (Å²) < 4.78 is 4.44. The standard InChI is InChI=1S/C3H7NO2.CH4O/c1-6-3-4-2-5;1-2/h2H,3H2,1H3,(H,4,5);2H,1H3. The lowest BCUT2D eigenvalue weighted by Gasteiger charge is -1.89. The predicted octanol–water partition coefficient (Wildman–Crippen LogP) is -1.06. The zero-order valence-corrected chi connectivity index (χ0v) is 5.05. The Hall–Kier alpha value is -0.610. The van der Waals surface area contributed by atoms with Crippen LogP contribution in [0.1, 0.15) is 0 Å². The summed E-state index contributed by atoms with van der Waals surface area (Å²) in [5, 5.41) is 9.30. The quantitative estimate of drug-likeness (QED) is 0.284. The van der Waals surface area contributed by atoms with E-state index in [2.05, 4.69) is 10.1 Å². The van der Waals surface area contributed by atoms with Crippen molar-refractivity contribution in [1.29, 1.82) is 0 Å². The lowest BCUT2D eigenvalue weighted by Crippen LogP contribution is -2.12. The maximum absolute atomic E-state index is 9.37. The van der Waals surface area contributed by atoms with E-state index in [-0.39, 0.29) is 0 Å². The van der Waals surface area contributed by atoms with Crippen LogP contribution >= 0.6 is 0 Å². The third-order valence-electron chi connectivity index (χ3n) is 0.311. The molecule has 0 aliphatic carbocycles. The first-order chi connectivity index (χ1) is 3.91. The van der Waals surface area contributed by atoms with Gasteiger partial charge in [-0.15, -0.1) is 0 Å². The average Bonchev–Trinajstić information content (AvgIpc) is 1.88. The molecule has 0 atom stereocenters. The lowest BCUT2D eigenvalue weighted by atomic mass is 11.1. The first-order valence-corrected chi connectivity index (χ1v) is 2.02. The zero-order chi connectivity index (χ0) is 6.83. The molecular weight excluding hydrogens is 110 g/mol. The average molecular weight is 121 g/mol. The fourth-order valence-corrected chi connectivity index (χ4v) is 0.117. The van der Waals surface area contributed by atoms with Crippen molar-refractivity contribution in [2.45, 2.75) is 0 Å². The van der Waals surface area contributed by atoms with Crippen LogP contribution in [0.2, 0.25) is 0 Å². The molecule has 8 heavy (non-hydrogen) atoms. The number of ether oxygens (including phenoxy) is 1. The largest absolute Gasteiger partial charge is 0.400 e. The Morgan fingerprint density at radius 3 is 2.38 bits per heavy atom. The summed E-state index contributed by atoms with van der Waals surface area (Å²) in [5.41, 5.74) is 0. The van der Waals surface area contributed by atoms with E-state index in [1.165, 1.54) is 7.11 Å². The number of aliphatic hydroxyl groups is 1. The number of rotatable bonds is 3. The first kappa shape index (κ1) is 10.4. The van der Waals surface area contributed by atoms with Crippen LogP contribution in [0.15, 0.2) is 0 Å². The molecule has 0 aromatic rings. The fraction of sp³-hybridized carbons (Fsp3) is 0.750. The minimum absolute atomic E-state index is 0.295. The highest BCUT2D eigenvalue weighted by Gasteiger charge is 1.67. The van der Waals surface area contributed by atoms with E-state index in [0.29, 0.717) is 13.1 Å². The molecule has 0 aromatic carbocycles. The lowest BCUT2D eigenvalue weighted by molar-refractivity contribution is -0.110. The van der Waals surface area contributed by atoms with Gasteiger partial charge in [-0.25, -0.2) is 0 Å². The van der Waals surface area contributed by atoms with Gasteiger partial charge in [0.25, 0.3) is 0 Å². The van der Waals surface area contributed by atoms with E-state index in [1.54, 1.807) is 0 Å². The molecule has 0 aromatic heterocycles. The van der Waals surface area contributed by atoms with Crippen molar-refractivity contribution in [2.24, 2.45) is 0 Å². The van der Waals surface area contributed by atoms with Crippen LogP contribution in [0.5, 0.6) is 0 Å². The summed E-state index contributed by atoms with van der Waals surface area (Å²) in [5.74, 6) is 0. The monoisotopic (exact) mass is 121 g/mol. The number of hydrogen-bond donors (Lipinski definition) is 2. The zero-order valence-electron chi connectivity index (χ0n) is 5.05. The molecular formula is C4H11NO3. The van der Waals surface area contributed by atoms with Crippen LogP contribution in [-0.4, -0.2) is 32.5 Å². The first-order valence-electron chi connectivity index (χ1n) is 2.02. The van der Waals surface area contributed by atoms with Gasteiger partial charge >= 0.3 is 0 Å².